The van der Waals surface area contributed by atoms with Crippen LogP contribution in [-0.4, -0.2) is 18.2 Å². The van der Waals surface area contributed by atoms with Gasteiger partial charge in [-0.2, -0.15) is 0 Å². The Balaban J connectivity index is 1.84. The fourth-order valence-electron chi connectivity index (χ4n) is 1.95. The van der Waals surface area contributed by atoms with Crippen LogP contribution in [0.4, 0.5) is 11.5 Å². The minimum absolute atomic E-state index is 0.135. The van der Waals surface area contributed by atoms with Crippen LogP contribution in [0.15, 0.2) is 71.8 Å². The number of benzene rings is 2. The van der Waals surface area contributed by atoms with E-state index in [0.29, 0.717) is 5.69 Å². The van der Waals surface area contributed by atoms with Crippen molar-refractivity contribution in [1.29, 1.82) is 0 Å². The smallest absolute Gasteiger partial charge is 0.263 e. The second-order valence-electron chi connectivity index (χ2n) is 4.66. The van der Waals surface area contributed by atoms with Crippen LogP contribution in [0.25, 0.3) is 5.69 Å². The van der Waals surface area contributed by atoms with Gasteiger partial charge >= 0.3 is 0 Å². The quantitative estimate of drug-likeness (QED) is 0.723. The summed E-state index contributed by atoms with van der Waals surface area (Å²) in [6.45, 7) is 0. The van der Waals surface area contributed by atoms with Gasteiger partial charge in [0.25, 0.3) is 10.0 Å². The average Bonchev–Trinajstić information content (AvgIpc) is 2.96. The monoisotopic (exact) mass is 314 g/mol. The zero-order chi connectivity index (χ0) is 15.6. The van der Waals surface area contributed by atoms with Gasteiger partial charge < -0.3 is 5.73 Å². The van der Waals surface area contributed by atoms with Crippen LogP contribution in [0.5, 0.6) is 0 Å². The molecule has 1 heterocycles. The molecular weight excluding hydrogens is 300 g/mol. The van der Waals surface area contributed by atoms with E-state index in [0.717, 1.165) is 5.69 Å². The van der Waals surface area contributed by atoms with Crippen molar-refractivity contribution >= 4 is 21.5 Å². The lowest BCUT2D eigenvalue weighted by atomic mass is 10.3. The molecule has 3 N–H and O–H groups in total. The zero-order valence-electron chi connectivity index (χ0n) is 11.5. The van der Waals surface area contributed by atoms with Crippen LogP contribution in [-0.2, 0) is 10.0 Å². The molecule has 0 saturated carbocycles. The van der Waals surface area contributed by atoms with Crippen LogP contribution in [0.1, 0.15) is 0 Å². The molecule has 112 valence electrons. The van der Waals surface area contributed by atoms with E-state index in [1.807, 2.05) is 30.3 Å². The van der Waals surface area contributed by atoms with Crippen LogP contribution < -0.4 is 10.5 Å². The predicted molar refractivity (Wildman–Crippen MR) is 85.2 cm³/mol. The number of hydrogen-bond donors (Lipinski definition) is 2. The summed E-state index contributed by atoms with van der Waals surface area (Å²) >= 11 is 0. The standard InChI is InChI=1S/C15H14N4O2S/c16-12-6-8-14(9-7-12)22(20,21)18-15-10-11-19(17-15)13-4-2-1-3-5-13/h1-11H,16H2,(H,17,18). The number of aromatic nitrogens is 2. The van der Waals surface area contributed by atoms with E-state index in [2.05, 4.69) is 9.82 Å². The number of para-hydroxylation sites is 1. The topological polar surface area (TPSA) is 90.0 Å². The summed E-state index contributed by atoms with van der Waals surface area (Å²) in [5.41, 5.74) is 6.91. The summed E-state index contributed by atoms with van der Waals surface area (Å²) in [5, 5.41) is 4.21. The molecule has 0 bridgehead atoms. The van der Waals surface area contributed by atoms with Gasteiger partial charge in [-0.15, -0.1) is 5.10 Å². The highest BCUT2D eigenvalue weighted by molar-refractivity contribution is 7.92. The molecule has 22 heavy (non-hydrogen) atoms. The molecule has 0 amide bonds. The Morgan fingerprint density at radius 2 is 1.64 bits per heavy atom. The number of rotatable bonds is 4. The third kappa shape index (κ3) is 2.94. The fourth-order valence-corrected chi connectivity index (χ4v) is 2.94. The summed E-state index contributed by atoms with van der Waals surface area (Å²) in [7, 11) is -3.68. The molecule has 0 saturated heterocycles. The zero-order valence-corrected chi connectivity index (χ0v) is 12.4. The first-order valence-corrected chi connectivity index (χ1v) is 8.02. The van der Waals surface area contributed by atoms with Crippen molar-refractivity contribution in [1.82, 2.24) is 9.78 Å². The first-order chi connectivity index (χ1) is 10.5. The van der Waals surface area contributed by atoms with Gasteiger partial charge in [-0.3, -0.25) is 4.72 Å². The van der Waals surface area contributed by atoms with E-state index < -0.39 is 10.0 Å². The molecular formula is C15H14N4O2S. The normalized spacial score (nSPS) is 11.3. The largest absolute Gasteiger partial charge is 0.399 e. The van der Waals surface area contributed by atoms with E-state index in [4.69, 9.17) is 5.73 Å². The van der Waals surface area contributed by atoms with E-state index in [1.165, 1.54) is 24.3 Å². The van der Waals surface area contributed by atoms with Crippen molar-refractivity contribution in [2.24, 2.45) is 0 Å². The van der Waals surface area contributed by atoms with Crippen LogP contribution in [0.2, 0.25) is 0 Å². The van der Waals surface area contributed by atoms with Crippen molar-refractivity contribution in [2.45, 2.75) is 4.90 Å². The number of nitrogens with two attached hydrogens (primary N) is 1. The molecule has 0 aliphatic carbocycles. The van der Waals surface area contributed by atoms with Crippen LogP contribution in [0.3, 0.4) is 0 Å². The van der Waals surface area contributed by atoms with E-state index >= 15 is 0 Å². The Hall–Kier alpha value is -2.80. The van der Waals surface area contributed by atoms with E-state index in [-0.39, 0.29) is 10.7 Å². The maximum absolute atomic E-state index is 12.3. The summed E-state index contributed by atoms with van der Waals surface area (Å²) in [6, 6.07) is 17.0. The number of hydrogen-bond acceptors (Lipinski definition) is 4. The molecule has 0 aliphatic rings. The number of nitrogens with one attached hydrogen (secondary N) is 1. The highest BCUT2D eigenvalue weighted by Gasteiger charge is 2.15. The van der Waals surface area contributed by atoms with Gasteiger partial charge in [-0.25, -0.2) is 13.1 Å². The number of anilines is 2. The summed E-state index contributed by atoms with van der Waals surface area (Å²) in [4.78, 5) is 0.135. The predicted octanol–water partition coefficient (Wildman–Crippen LogP) is 2.26. The Labute approximate surface area is 128 Å². The Bertz CT molecular complexity index is 871. The third-order valence-corrected chi connectivity index (χ3v) is 4.41. The maximum Gasteiger partial charge on any atom is 0.263 e. The summed E-state index contributed by atoms with van der Waals surface area (Å²) < 4.78 is 28.6. The molecule has 0 atom stereocenters. The van der Waals surface area contributed by atoms with Gasteiger partial charge in [-0.05, 0) is 36.4 Å². The lowest BCUT2D eigenvalue weighted by Crippen LogP contribution is -2.13. The molecule has 0 unspecified atom stereocenters. The molecule has 0 radical (unpaired) electrons. The van der Waals surface area contributed by atoms with Gasteiger partial charge in [0, 0.05) is 18.0 Å². The minimum atomic E-state index is -3.68. The maximum atomic E-state index is 12.3. The molecule has 6 nitrogen and oxygen atoms in total. The molecule has 0 aliphatic heterocycles. The van der Waals surface area contributed by atoms with Gasteiger partial charge in [0.1, 0.15) is 0 Å². The van der Waals surface area contributed by atoms with Gasteiger partial charge in [0.15, 0.2) is 5.82 Å². The second kappa shape index (κ2) is 5.53. The van der Waals surface area contributed by atoms with Gasteiger partial charge in [0.05, 0.1) is 10.6 Å². The van der Waals surface area contributed by atoms with E-state index in [9.17, 15) is 8.42 Å². The van der Waals surface area contributed by atoms with Gasteiger partial charge in [0.2, 0.25) is 0 Å². The lowest BCUT2D eigenvalue weighted by molar-refractivity contribution is 0.601. The summed E-state index contributed by atoms with van der Waals surface area (Å²) in [5.74, 6) is 0.251. The molecule has 0 spiro atoms. The van der Waals surface area contributed by atoms with Crippen molar-refractivity contribution in [3.8, 4) is 5.69 Å². The van der Waals surface area contributed by atoms with Crippen molar-refractivity contribution in [3.05, 3.63) is 66.9 Å². The molecule has 3 aromatic rings. The minimum Gasteiger partial charge on any atom is -0.399 e. The Kier molecular flexibility index (Phi) is 3.56. The molecule has 1 aromatic heterocycles. The molecule has 0 fully saturated rings. The molecule has 3 rings (SSSR count). The number of nitrogens with zero attached hydrogens (tertiary/aromatic N) is 2. The Morgan fingerprint density at radius 3 is 2.32 bits per heavy atom. The van der Waals surface area contributed by atoms with Gasteiger partial charge in [-0.1, -0.05) is 18.2 Å². The molecule has 2 aromatic carbocycles. The second-order valence-corrected chi connectivity index (χ2v) is 6.34. The van der Waals surface area contributed by atoms with Crippen LogP contribution >= 0.6 is 0 Å². The SMILES string of the molecule is Nc1ccc(S(=O)(=O)Nc2ccn(-c3ccccc3)n2)cc1. The van der Waals surface area contributed by atoms with E-state index in [1.54, 1.807) is 16.9 Å². The van der Waals surface area contributed by atoms with Crippen molar-refractivity contribution in [2.75, 3.05) is 10.5 Å². The Morgan fingerprint density at radius 1 is 0.955 bits per heavy atom. The van der Waals surface area contributed by atoms with Crippen molar-refractivity contribution in [3.63, 3.8) is 0 Å². The molecule has 7 heteroatoms. The third-order valence-electron chi connectivity index (χ3n) is 3.04. The number of sulfonamides is 1. The first-order valence-electron chi connectivity index (χ1n) is 6.54. The lowest BCUT2D eigenvalue weighted by Gasteiger charge is -2.05. The van der Waals surface area contributed by atoms with Crippen molar-refractivity contribution < 1.29 is 8.42 Å². The average molecular weight is 314 g/mol. The first kappa shape index (κ1) is 14.2. The highest BCUT2D eigenvalue weighted by atomic mass is 32.2. The summed E-state index contributed by atoms with van der Waals surface area (Å²) in [6.07, 6.45) is 1.69. The highest BCUT2D eigenvalue weighted by Crippen LogP contribution is 2.17. The van der Waals surface area contributed by atoms with Crippen LogP contribution in [0, 0.1) is 0 Å². The number of nitrogen functional groups attached to an aromatic ring is 1. The fraction of sp³-hybridized carbons (Fsp3) is 0.